The van der Waals surface area contributed by atoms with Crippen molar-refractivity contribution < 1.29 is 9.84 Å². The molecule has 0 saturated heterocycles. The van der Waals surface area contributed by atoms with Crippen molar-refractivity contribution in [3.63, 3.8) is 0 Å². The molecule has 1 aromatic heterocycles. The largest absolute Gasteiger partial charge is 0.388 e. The van der Waals surface area contributed by atoms with E-state index in [-0.39, 0.29) is 6.10 Å². The molecule has 2 aromatic rings. The second-order valence-electron chi connectivity index (χ2n) is 4.42. The Kier molecular flexibility index (Phi) is 4.69. The van der Waals surface area contributed by atoms with Gasteiger partial charge in [-0.3, -0.25) is 0 Å². The second-order valence-corrected chi connectivity index (χ2v) is 5.49. The lowest BCUT2D eigenvalue weighted by Crippen LogP contribution is -2.05. The number of hydrogen-bond donors (Lipinski definition) is 1. The summed E-state index contributed by atoms with van der Waals surface area (Å²) in [6.07, 6.45) is -0.633. The Balaban J connectivity index is 2.37. The van der Waals surface area contributed by atoms with Crippen LogP contribution in [-0.4, -0.2) is 16.7 Å². The van der Waals surface area contributed by atoms with Crippen molar-refractivity contribution in [2.75, 3.05) is 6.61 Å². The van der Waals surface area contributed by atoms with Gasteiger partial charge in [0.25, 0.3) is 0 Å². The molecule has 102 valence electrons. The van der Waals surface area contributed by atoms with Crippen molar-refractivity contribution in [1.29, 1.82) is 0 Å². The van der Waals surface area contributed by atoms with Crippen LogP contribution in [-0.2, 0) is 4.74 Å². The molecule has 0 amide bonds. The van der Waals surface area contributed by atoms with Crippen molar-refractivity contribution >= 4 is 11.3 Å². The molecule has 0 spiro atoms. The number of benzene rings is 1. The van der Waals surface area contributed by atoms with E-state index >= 15 is 0 Å². The Morgan fingerprint density at radius 2 is 2.00 bits per heavy atom. The minimum atomic E-state index is -0.482. The molecule has 0 aliphatic rings. The SMILES string of the molecule is CCOC(c1ccccc1)c1nc(C)c(C(C)O)s1. The third kappa shape index (κ3) is 3.21. The minimum absolute atomic E-state index is 0.151. The van der Waals surface area contributed by atoms with Crippen LogP contribution >= 0.6 is 11.3 Å². The number of aliphatic hydroxyl groups excluding tert-OH is 1. The molecule has 0 radical (unpaired) electrons. The maximum absolute atomic E-state index is 9.73. The zero-order chi connectivity index (χ0) is 13.8. The topological polar surface area (TPSA) is 42.4 Å². The molecular formula is C15H19NO2S. The fourth-order valence-corrected chi connectivity index (χ4v) is 3.12. The van der Waals surface area contributed by atoms with E-state index in [1.807, 2.05) is 44.2 Å². The molecule has 1 aromatic carbocycles. The highest BCUT2D eigenvalue weighted by Gasteiger charge is 2.21. The lowest BCUT2D eigenvalue weighted by Gasteiger charge is -2.14. The molecule has 2 unspecified atom stereocenters. The monoisotopic (exact) mass is 277 g/mol. The Labute approximate surface area is 117 Å². The van der Waals surface area contributed by atoms with E-state index in [2.05, 4.69) is 4.98 Å². The third-order valence-corrected chi connectivity index (χ3v) is 4.26. The van der Waals surface area contributed by atoms with Crippen LogP contribution < -0.4 is 0 Å². The van der Waals surface area contributed by atoms with Crippen LogP contribution in [0.25, 0.3) is 0 Å². The fraction of sp³-hybridized carbons (Fsp3) is 0.400. The van der Waals surface area contributed by atoms with Crippen molar-refractivity contribution in [3.05, 3.63) is 51.5 Å². The fourth-order valence-electron chi connectivity index (χ4n) is 2.03. The number of rotatable bonds is 5. The average molecular weight is 277 g/mol. The van der Waals surface area contributed by atoms with E-state index in [1.165, 1.54) is 11.3 Å². The summed E-state index contributed by atoms with van der Waals surface area (Å²) >= 11 is 1.52. The van der Waals surface area contributed by atoms with E-state index in [0.29, 0.717) is 6.61 Å². The van der Waals surface area contributed by atoms with Gasteiger partial charge in [-0.2, -0.15) is 0 Å². The first-order chi connectivity index (χ1) is 9.13. The first-order valence-corrected chi connectivity index (χ1v) is 7.27. The predicted molar refractivity (Wildman–Crippen MR) is 77.4 cm³/mol. The predicted octanol–water partition coefficient (Wildman–Crippen LogP) is 3.63. The van der Waals surface area contributed by atoms with Crippen molar-refractivity contribution in [2.24, 2.45) is 0 Å². The summed E-state index contributed by atoms with van der Waals surface area (Å²) in [7, 11) is 0. The maximum Gasteiger partial charge on any atom is 0.134 e. The normalized spacial score (nSPS) is 14.3. The first kappa shape index (κ1) is 14.2. The van der Waals surface area contributed by atoms with Crippen LogP contribution in [0.15, 0.2) is 30.3 Å². The Bertz CT molecular complexity index is 522. The summed E-state index contributed by atoms with van der Waals surface area (Å²) in [5, 5.41) is 10.6. The number of hydrogen-bond acceptors (Lipinski definition) is 4. The highest BCUT2D eigenvalue weighted by atomic mass is 32.1. The van der Waals surface area contributed by atoms with E-state index in [9.17, 15) is 5.11 Å². The highest BCUT2D eigenvalue weighted by molar-refractivity contribution is 7.11. The van der Waals surface area contributed by atoms with Gasteiger partial charge >= 0.3 is 0 Å². The van der Waals surface area contributed by atoms with Crippen molar-refractivity contribution in [3.8, 4) is 0 Å². The first-order valence-electron chi connectivity index (χ1n) is 6.45. The number of ether oxygens (including phenoxy) is 1. The molecule has 0 fully saturated rings. The van der Waals surface area contributed by atoms with Gasteiger partial charge in [0.05, 0.1) is 16.7 Å². The van der Waals surface area contributed by atoms with Gasteiger partial charge in [0.15, 0.2) is 0 Å². The average Bonchev–Trinajstić information content (AvgIpc) is 2.79. The highest BCUT2D eigenvalue weighted by Crippen LogP contribution is 2.33. The molecule has 1 heterocycles. The number of aromatic nitrogens is 1. The standard InChI is InChI=1S/C15H19NO2S/c1-4-18-13(12-8-6-5-7-9-12)15-16-10(2)14(19-15)11(3)17/h5-9,11,13,17H,4H2,1-3H3. The molecule has 0 bridgehead atoms. The summed E-state index contributed by atoms with van der Waals surface area (Å²) in [4.78, 5) is 5.47. The molecule has 1 N–H and O–H groups in total. The van der Waals surface area contributed by atoms with Gasteiger partial charge in [-0.25, -0.2) is 4.98 Å². The van der Waals surface area contributed by atoms with Crippen molar-refractivity contribution in [1.82, 2.24) is 4.98 Å². The summed E-state index contributed by atoms with van der Waals surface area (Å²) in [6.45, 7) is 6.30. The summed E-state index contributed by atoms with van der Waals surface area (Å²) in [6, 6.07) is 10.1. The number of aliphatic hydroxyl groups is 1. The summed E-state index contributed by atoms with van der Waals surface area (Å²) < 4.78 is 5.83. The lowest BCUT2D eigenvalue weighted by molar-refractivity contribution is 0.0911. The Hall–Kier alpha value is -1.23. The molecule has 2 atom stereocenters. The molecule has 3 nitrogen and oxygen atoms in total. The zero-order valence-corrected chi connectivity index (χ0v) is 12.3. The molecular weight excluding hydrogens is 258 g/mol. The quantitative estimate of drug-likeness (QED) is 0.907. The summed E-state index contributed by atoms with van der Waals surface area (Å²) in [5.41, 5.74) is 1.98. The van der Waals surface area contributed by atoms with Gasteiger partial charge in [-0.05, 0) is 26.3 Å². The Morgan fingerprint density at radius 1 is 1.32 bits per heavy atom. The van der Waals surface area contributed by atoms with Gasteiger partial charge in [0.1, 0.15) is 11.1 Å². The number of thiazole rings is 1. The van der Waals surface area contributed by atoms with E-state index in [0.717, 1.165) is 21.1 Å². The van der Waals surface area contributed by atoms with Crippen molar-refractivity contribution in [2.45, 2.75) is 33.0 Å². The Morgan fingerprint density at radius 3 is 2.53 bits per heavy atom. The maximum atomic E-state index is 9.73. The van der Waals surface area contributed by atoms with Crippen LogP contribution in [0, 0.1) is 6.92 Å². The molecule has 0 aliphatic heterocycles. The molecule has 4 heteroatoms. The van der Waals surface area contributed by atoms with Crippen LogP contribution in [0.5, 0.6) is 0 Å². The van der Waals surface area contributed by atoms with Crippen LogP contribution in [0.2, 0.25) is 0 Å². The van der Waals surface area contributed by atoms with Gasteiger partial charge in [-0.1, -0.05) is 30.3 Å². The molecule has 19 heavy (non-hydrogen) atoms. The number of aryl methyl sites for hydroxylation is 1. The van der Waals surface area contributed by atoms with Crippen LogP contribution in [0.1, 0.15) is 47.2 Å². The third-order valence-electron chi connectivity index (χ3n) is 2.89. The minimum Gasteiger partial charge on any atom is -0.388 e. The van der Waals surface area contributed by atoms with Gasteiger partial charge < -0.3 is 9.84 Å². The molecule has 2 rings (SSSR count). The van der Waals surface area contributed by atoms with E-state index in [1.54, 1.807) is 6.92 Å². The zero-order valence-electron chi connectivity index (χ0n) is 11.5. The lowest BCUT2D eigenvalue weighted by atomic mass is 10.1. The van der Waals surface area contributed by atoms with Gasteiger partial charge in [0, 0.05) is 6.61 Å². The van der Waals surface area contributed by atoms with E-state index in [4.69, 9.17) is 4.74 Å². The van der Waals surface area contributed by atoms with Gasteiger partial charge in [0.2, 0.25) is 0 Å². The second kappa shape index (κ2) is 6.28. The summed E-state index contributed by atoms with van der Waals surface area (Å²) in [5.74, 6) is 0. The van der Waals surface area contributed by atoms with Crippen LogP contribution in [0.3, 0.4) is 0 Å². The van der Waals surface area contributed by atoms with Crippen LogP contribution in [0.4, 0.5) is 0 Å². The van der Waals surface area contributed by atoms with E-state index < -0.39 is 6.10 Å². The smallest absolute Gasteiger partial charge is 0.134 e. The molecule has 0 saturated carbocycles. The van der Waals surface area contributed by atoms with Gasteiger partial charge in [-0.15, -0.1) is 11.3 Å². The molecule has 0 aliphatic carbocycles. The number of nitrogens with zero attached hydrogens (tertiary/aromatic N) is 1.